The monoisotopic (exact) mass is 492 g/mol. The van der Waals surface area contributed by atoms with Gasteiger partial charge in [0.15, 0.2) is 11.5 Å². The summed E-state index contributed by atoms with van der Waals surface area (Å²) in [5.74, 6) is -0.583. The van der Waals surface area contributed by atoms with Crippen LogP contribution in [0.25, 0.3) is 0 Å². The van der Waals surface area contributed by atoms with Crippen molar-refractivity contribution < 1.29 is 27.6 Å². The lowest BCUT2D eigenvalue weighted by molar-refractivity contribution is -0.385. The molecule has 174 valence electrons. The Hall–Kier alpha value is -3.71. The second-order valence-electron chi connectivity index (χ2n) is 6.58. The number of hydrogen-bond acceptors (Lipinski definition) is 9. The average molecular weight is 493 g/mol. The van der Waals surface area contributed by atoms with E-state index in [4.69, 9.17) is 9.47 Å². The van der Waals surface area contributed by atoms with Crippen LogP contribution >= 0.6 is 11.3 Å². The van der Waals surface area contributed by atoms with E-state index in [0.717, 1.165) is 6.07 Å². The van der Waals surface area contributed by atoms with E-state index >= 15 is 0 Å². The van der Waals surface area contributed by atoms with E-state index in [2.05, 4.69) is 15.0 Å². The smallest absolute Gasteiger partial charge is 0.286 e. The molecular weight excluding hydrogens is 472 g/mol. The van der Waals surface area contributed by atoms with Crippen LogP contribution in [0.1, 0.15) is 23.0 Å². The fraction of sp³-hybridized carbons (Fsp3) is 0.200. The van der Waals surface area contributed by atoms with Crippen molar-refractivity contribution in [3.63, 3.8) is 0 Å². The van der Waals surface area contributed by atoms with Gasteiger partial charge in [-0.25, -0.2) is 13.4 Å². The third kappa shape index (κ3) is 6.17. The number of nitro benzene ring substituents is 1. The molecule has 0 radical (unpaired) electrons. The highest BCUT2D eigenvalue weighted by molar-refractivity contribution is 7.92. The summed E-state index contributed by atoms with van der Waals surface area (Å²) in [6, 6.07) is 8.23. The molecule has 0 atom stereocenters. The second-order valence-corrected chi connectivity index (χ2v) is 9.31. The minimum absolute atomic E-state index is 0.0801. The fourth-order valence-electron chi connectivity index (χ4n) is 2.69. The number of anilines is 2. The first-order chi connectivity index (χ1) is 15.7. The maximum atomic E-state index is 12.8. The molecule has 1 amide bonds. The van der Waals surface area contributed by atoms with Gasteiger partial charge in [0.25, 0.3) is 11.6 Å². The number of rotatable bonds is 10. The highest BCUT2D eigenvalue weighted by Crippen LogP contribution is 2.35. The molecule has 33 heavy (non-hydrogen) atoms. The molecule has 11 nitrogen and oxygen atoms in total. The molecule has 0 aliphatic carbocycles. The number of thiazole rings is 1. The molecule has 3 aromatic rings. The zero-order valence-corrected chi connectivity index (χ0v) is 19.2. The molecule has 2 aromatic carbocycles. The lowest BCUT2D eigenvalue weighted by atomic mass is 10.1. The number of benzene rings is 2. The van der Waals surface area contributed by atoms with E-state index in [0.29, 0.717) is 17.1 Å². The SMILES string of the molecule is CCS(=O)(=O)Nc1ccc(NC(=O)c2cc(OC)c(OCc3cscn3)cc2[N+](=O)[O-])cc1. The quantitative estimate of drug-likeness (QED) is 0.322. The van der Waals surface area contributed by atoms with Gasteiger partial charge in [-0.2, -0.15) is 0 Å². The van der Waals surface area contributed by atoms with E-state index in [1.807, 2.05) is 0 Å². The van der Waals surface area contributed by atoms with Crippen LogP contribution in [-0.2, 0) is 16.6 Å². The number of ether oxygens (including phenoxy) is 2. The molecule has 0 aliphatic rings. The van der Waals surface area contributed by atoms with Crippen LogP contribution in [0.3, 0.4) is 0 Å². The first-order valence-corrected chi connectivity index (χ1v) is 12.1. The summed E-state index contributed by atoms with van der Waals surface area (Å²) in [6.45, 7) is 1.59. The number of nitrogens with one attached hydrogen (secondary N) is 2. The number of nitro groups is 1. The molecule has 0 aliphatic heterocycles. The standard InChI is InChI=1S/C20H20N4O7S2/c1-3-33(28,29)23-14-6-4-13(5-7-14)22-20(25)16-8-18(30-2)19(9-17(16)24(26)27)31-10-15-11-32-12-21-15/h4-9,11-12,23H,3,10H2,1-2H3,(H,22,25). The highest BCUT2D eigenvalue weighted by atomic mass is 32.2. The van der Waals surface area contributed by atoms with Gasteiger partial charge in [0.2, 0.25) is 10.0 Å². The van der Waals surface area contributed by atoms with Crippen molar-refractivity contribution in [2.75, 3.05) is 22.9 Å². The van der Waals surface area contributed by atoms with Crippen molar-refractivity contribution in [3.05, 3.63) is 68.7 Å². The van der Waals surface area contributed by atoms with Crippen molar-refractivity contribution in [1.29, 1.82) is 0 Å². The summed E-state index contributed by atoms with van der Waals surface area (Å²) in [7, 11) is -2.08. The summed E-state index contributed by atoms with van der Waals surface area (Å²) >= 11 is 1.39. The topological polar surface area (TPSA) is 150 Å². The fourth-order valence-corrected chi connectivity index (χ4v) is 3.87. The van der Waals surface area contributed by atoms with E-state index < -0.39 is 26.5 Å². The van der Waals surface area contributed by atoms with Crippen LogP contribution in [0.4, 0.5) is 17.1 Å². The first-order valence-electron chi connectivity index (χ1n) is 9.50. The number of carbonyl (C=O) groups excluding carboxylic acids is 1. The van der Waals surface area contributed by atoms with Gasteiger partial charge in [0.1, 0.15) is 12.2 Å². The van der Waals surface area contributed by atoms with Crippen LogP contribution in [0.5, 0.6) is 11.5 Å². The van der Waals surface area contributed by atoms with Crippen molar-refractivity contribution in [2.24, 2.45) is 0 Å². The van der Waals surface area contributed by atoms with Crippen LogP contribution in [-0.4, -0.2) is 37.1 Å². The first kappa shape index (κ1) is 23.9. The van der Waals surface area contributed by atoms with Gasteiger partial charge in [-0.3, -0.25) is 19.6 Å². The Labute approximate surface area is 193 Å². The van der Waals surface area contributed by atoms with Crippen LogP contribution < -0.4 is 19.5 Å². The molecule has 0 bridgehead atoms. The molecule has 0 unspecified atom stereocenters. The number of nitrogens with zero attached hydrogens (tertiary/aromatic N) is 2. The minimum atomic E-state index is -3.44. The molecule has 0 spiro atoms. The molecular formula is C20H20N4O7S2. The van der Waals surface area contributed by atoms with Gasteiger partial charge < -0.3 is 14.8 Å². The van der Waals surface area contributed by atoms with Crippen molar-refractivity contribution in [2.45, 2.75) is 13.5 Å². The largest absolute Gasteiger partial charge is 0.493 e. The van der Waals surface area contributed by atoms with E-state index in [-0.39, 0.29) is 29.4 Å². The number of sulfonamides is 1. The Morgan fingerprint density at radius 2 is 1.88 bits per heavy atom. The Balaban J connectivity index is 1.82. The minimum Gasteiger partial charge on any atom is -0.493 e. The Kier molecular flexibility index (Phi) is 7.45. The molecule has 1 heterocycles. The number of amides is 1. The summed E-state index contributed by atoms with van der Waals surface area (Å²) < 4.78 is 36.5. The molecule has 2 N–H and O–H groups in total. The summed E-state index contributed by atoms with van der Waals surface area (Å²) in [4.78, 5) is 27.8. The summed E-state index contributed by atoms with van der Waals surface area (Å²) in [5.41, 5.74) is 2.23. The van der Waals surface area contributed by atoms with Gasteiger partial charge in [-0.05, 0) is 31.2 Å². The number of carbonyl (C=O) groups is 1. The van der Waals surface area contributed by atoms with Crippen molar-refractivity contribution >= 4 is 44.3 Å². The van der Waals surface area contributed by atoms with E-state index in [1.54, 1.807) is 10.9 Å². The predicted octanol–water partition coefficient (Wildman–Crippen LogP) is 3.65. The number of aromatic nitrogens is 1. The van der Waals surface area contributed by atoms with Gasteiger partial charge in [-0.1, -0.05) is 0 Å². The lowest BCUT2D eigenvalue weighted by Crippen LogP contribution is -2.16. The maximum absolute atomic E-state index is 12.8. The molecule has 1 aromatic heterocycles. The normalized spacial score (nSPS) is 11.0. The second kappa shape index (κ2) is 10.3. The molecule has 0 saturated heterocycles. The molecule has 0 fully saturated rings. The third-order valence-corrected chi connectivity index (χ3v) is 6.32. The van der Waals surface area contributed by atoms with Gasteiger partial charge >= 0.3 is 0 Å². The average Bonchev–Trinajstić information content (AvgIpc) is 3.31. The number of methoxy groups -OCH3 is 1. The van der Waals surface area contributed by atoms with Crippen LogP contribution in [0.2, 0.25) is 0 Å². The zero-order chi connectivity index (χ0) is 24.0. The molecule has 0 saturated carbocycles. The zero-order valence-electron chi connectivity index (χ0n) is 17.6. The van der Waals surface area contributed by atoms with Gasteiger partial charge in [0, 0.05) is 22.8 Å². The van der Waals surface area contributed by atoms with Crippen molar-refractivity contribution in [1.82, 2.24) is 4.98 Å². The van der Waals surface area contributed by atoms with Gasteiger partial charge in [-0.15, -0.1) is 11.3 Å². The van der Waals surface area contributed by atoms with E-state index in [1.165, 1.54) is 55.7 Å². The van der Waals surface area contributed by atoms with Crippen molar-refractivity contribution in [3.8, 4) is 11.5 Å². The van der Waals surface area contributed by atoms with Crippen LogP contribution in [0.15, 0.2) is 47.3 Å². The summed E-state index contributed by atoms with van der Waals surface area (Å²) in [5, 5.41) is 16.0. The predicted molar refractivity (Wildman–Crippen MR) is 124 cm³/mol. The van der Waals surface area contributed by atoms with Gasteiger partial charge in [0.05, 0.1) is 35.1 Å². The summed E-state index contributed by atoms with van der Waals surface area (Å²) in [6.07, 6.45) is 0. The number of hydrogen-bond donors (Lipinski definition) is 2. The van der Waals surface area contributed by atoms with E-state index in [9.17, 15) is 23.3 Å². The third-order valence-electron chi connectivity index (χ3n) is 4.38. The Morgan fingerprint density at radius 1 is 1.18 bits per heavy atom. The Bertz CT molecular complexity index is 1240. The lowest BCUT2D eigenvalue weighted by Gasteiger charge is -2.13. The highest BCUT2D eigenvalue weighted by Gasteiger charge is 2.25. The van der Waals surface area contributed by atoms with Crippen LogP contribution in [0, 0.1) is 10.1 Å². The molecule has 13 heteroatoms. The Morgan fingerprint density at radius 3 is 2.45 bits per heavy atom. The molecule has 3 rings (SSSR count). The maximum Gasteiger partial charge on any atom is 0.286 e.